The number of H-pyrrole nitrogens is 1. The van der Waals surface area contributed by atoms with Gasteiger partial charge in [0.05, 0.1) is 29.4 Å². The fourth-order valence-electron chi connectivity index (χ4n) is 3.80. The molecule has 0 aliphatic heterocycles. The summed E-state index contributed by atoms with van der Waals surface area (Å²) in [4.78, 5) is 23.3. The first-order valence-corrected chi connectivity index (χ1v) is 10.0. The van der Waals surface area contributed by atoms with Crippen molar-refractivity contribution in [2.24, 2.45) is 0 Å². The van der Waals surface area contributed by atoms with Crippen molar-refractivity contribution < 1.29 is 5.11 Å². The van der Waals surface area contributed by atoms with E-state index in [0.29, 0.717) is 29.0 Å². The van der Waals surface area contributed by atoms with E-state index in [2.05, 4.69) is 15.0 Å². The second kappa shape index (κ2) is 8.01. The molecule has 2 aromatic heterocycles. The van der Waals surface area contributed by atoms with E-state index in [1.807, 2.05) is 77.4 Å². The molecule has 2 N–H and O–H groups in total. The Morgan fingerprint density at radius 3 is 2.48 bits per heavy atom. The smallest absolute Gasteiger partial charge is 0.345 e. The fourth-order valence-corrected chi connectivity index (χ4v) is 3.80. The maximum atomic E-state index is 12.1. The second-order valence-corrected chi connectivity index (χ2v) is 7.40. The van der Waals surface area contributed by atoms with Gasteiger partial charge in [0.25, 0.3) is 0 Å². The Morgan fingerprint density at radius 2 is 1.71 bits per heavy atom. The lowest BCUT2D eigenvalue weighted by atomic mass is 10.0. The molecule has 0 saturated carbocycles. The number of fused-ring (bicyclic) bond motifs is 1. The molecule has 0 saturated heterocycles. The molecular formula is C25H20N4O2. The Hall–Kier alpha value is -4.03. The third kappa shape index (κ3) is 3.76. The van der Waals surface area contributed by atoms with Gasteiger partial charge in [0.2, 0.25) is 0 Å². The largest absolute Gasteiger partial charge is 0.382 e. The molecule has 5 aromatic rings. The third-order valence-corrected chi connectivity index (χ3v) is 5.34. The number of rotatable bonds is 5. The second-order valence-electron chi connectivity index (χ2n) is 7.40. The quantitative estimate of drug-likeness (QED) is 0.462. The first-order chi connectivity index (χ1) is 15.2. The number of nitrogens with zero attached hydrogens (tertiary/aromatic N) is 3. The van der Waals surface area contributed by atoms with Crippen LogP contribution in [0, 0.1) is 0 Å². The summed E-state index contributed by atoms with van der Waals surface area (Å²) in [6.45, 7) is 0.616. The van der Waals surface area contributed by atoms with Gasteiger partial charge >= 0.3 is 5.69 Å². The minimum absolute atomic E-state index is 0.402. The van der Waals surface area contributed by atoms with Gasteiger partial charge in [-0.1, -0.05) is 66.7 Å². The van der Waals surface area contributed by atoms with Crippen molar-refractivity contribution in [1.29, 1.82) is 0 Å². The van der Waals surface area contributed by atoms with Crippen LogP contribution in [0.4, 0.5) is 0 Å². The highest BCUT2D eigenvalue weighted by Crippen LogP contribution is 2.29. The van der Waals surface area contributed by atoms with E-state index >= 15 is 0 Å². The van der Waals surface area contributed by atoms with Crippen LogP contribution in [-0.4, -0.2) is 24.6 Å². The number of aliphatic hydroxyl groups is 1. The molecule has 0 aliphatic carbocycles. The van der Waals surface area contributed by atoms with E-state index < -0.39 is 11.8 Å². The van der Waals surface area contributed by atoms with Crippen molar-refractivity contribution >= 4 is 10.9 Å². The average molecular weight is 408 g/mol. The van der Waals surface area contributed by atoms with E-state index in [1.165, 1.54) is 0 Å². The summed E-state index contributed by atoms with van der Waals surface area (Å²) >= 11 is 0. The van der Waals surface area contributed by atoms with E-state index in [1.54, 1.807) is 18.6 Å². The van der Waals surface area contributed by atoms with Crippen molar-refractivity contribution in [2.45, 2.75) is 12.6 Å². The summed E-state index contributed by atoms with van der Waals surface area (Å²) in [5.41, 5.74) is 4.23. The van der Waals surface area contributed by atoms with Gasteiger partial charge in [0, 0.05) is 17.5 Å². The van der Waals surface area contributed by atoms with Gasteiger partial charge in [-0.05, 0) is 23.3 Å². The van der Waals surface area contributed by atoms with Gasteiger partial charge in [-0.2, -0.15) is 4.98 Å². The molecule has 0 spiro atoms. The highest BCUT2D eigenvalue weighted by Gasteiger charge is 2.17. The third-order valence-electron chi connectivity index (χ3n) is 5.34. The fraction of sp³-hybridized carbons (Fsp3) is 0.0800. The predicted octanol–water partition coefficient (Wildman–Crippen LogP) is 3.92. The highest BCUT2D eigenvalue weighted by molar-refractivity contribution is 5.92. The Morgan fingerprint density at radius 1 is 0.968 bits per heavy atom. The van der Waals surface area contributed by atoms with Crippen LogP contribution in [0.15, 0.2) is 96.2 Å². The van der Waals surface area contributed by atoms with Crippen LogP contribution in [0.1, 0.15) is 22.9 Å². The predicted molar refractivity (Wildman–Crippen MR) is 120 cm³/mol. The zero-order valence-electron chi connectivity index (χ0n) is 16.6. The first-order valence-electron chi connectivity index (χ1n) is 10.0. The summed E-state index contributed by atoms with van der Waals surface area (Å²) in [6.07, 6.45) is 2.54. The van der Waals surface area contributed by atoms with Gasteiger partial charge in [-0.15, -0.1) is 0 Å². The van der Waals surface area contributed by atoms with Crippen LogP contribution >= 0.6 is 0 Å². The summed E-state index contributed by atoms with van der Waals surface area (Å²) in [6, 6.07) is 25.1. The van der Waals surface area contributed by atoms with E-state index in [0.717, 1.165) is 16.5 Å². The molecule has 31 heavy (non-hydrogen) atoms. The van der Waals surface area contributed by atoms with Gasteiger partial charge < -0.3 is 14.7 Å². The van der Waals surface area contributed by atoms with E-state index in [-0.39, 0.29) is 0 Å². The van der Waals surface area contributed by atoms with Crippen LogP contribution in [0.5, 0.6) is 0 Å². The van der Waals surface area contributed by atoms with Crippen molar-refractivity contribution in [3.05, 3.63) is 119 Å². The SMILES string of the molecule is O=c1nc(-c2ccccc2)c2cc(C(O)c3cncn3Cc3ccccc3)ccc2[nH]1. The van der Waals surface area contributed by atoms with Crippen molar-refractivity contribution in [2.75, 3.05) is 0 Å². The van der Waals surface area contributed by atoms with Crippen molar-refractivity contribution in [1.82, 2.24) is 19.5 Å². The lowest BCUT2D eigenvalue weighted by Crippen LogP contribution is -2.12. The Bertz CT molecular complexity index is 1390. The summed E-state index contributed by atoms with van der Waals surface area (Å²) in [5.74, 6) is 0. The van der Waals surface area contributed by atoms with Gasteiger partial charge in [-0.3, -0.25) is 0 Å². The standard InChI is InChI=1S/C25H20N4O2/c30-24(22-14-26-16-29(22)15-17-7-3-1-4-8-17)19-11-12-21-20(13-19)23(28-25(31)27-21)18-9-5-2-6-10-18/h1-14,16,24,30H,15H2,(H,27,28,31). The number of aliphatic hydroxyl groups excluding tert-OH is 1. The maximum Gasteiger partial charge on any atom is 0.345 e. The molecule has 6 heteroatoms. The summed E-state index contributed by atoms with van der Waals surface area (Å²) < 4.78 is 1.94. The molecule has 152 valence electrons. The van der Waals surface area contributed by atoms with Crippen molar-refractivity contribution in [3.8, 4) is 11.3 Å². The van der Waals surface area contributed by atoms with Crippen molar-refractivity contribution in [3.63, 3.8) is 0 Å². The topological polar surface area (TPSA) is 83.8 Å². The molecule has 3 aromatic carbocycles. The van der Waals surface area contributed by atoms with E-state index in [4.69, 9.17) is 0 Å². The van der Waals surface area contributed by atoms with E-state index in [9.17, 15) is 9.90 Å². The molecule has 0 radical (unpaired) electrons. The molecule has 6 nitrogen and oxygen atoms in total. The molecular weight excluding hydrogens is 388 g/mol. The molecule has 1 unspecified atom stereocenters. The number of nitrogens with one attached hydrogen (secondary N) is 1. The monoisotopic (exact) mass is 408 g/mol. The number of benzene rings is 3. The normalized spacial score (nSPS) is 12.2. The molecule has 0 aliphatic rings. The van der Waals surface area contributed by atoms with Gasteiger partial charge in [0.15, 0.2) is 0 Å². The Kier molecular flexibility index (Phi) is 4.90. The van der Waals surface area contributed by atoms with Gasteiger partial charge in [0.1, 0.15) is 6.10 Å². The highest BCUT2D eigenvalue weighted by atomic mass is 16.3. The zero-order valence-corrected chi connectivity index (χ0v) is 16.6. The molecule has 0 bridgehead atoms. The minimum Gasteiger partial charge on any atom is -0.382 e. The Balaban J connectivity index is 1.57. The van der Waals surface area contributed by atoms with Crippen LogP contribution < -0.4 is 5.69 Å². The first kappa shape index (κ1) is 19.0. The maximum absolute atomic E-state index is 12.1. The van der Waals surface area contributed by atoms with Crippen LogP contribution in [-0.2, 0) is 6.54 Å². The summed E-state index contributed by atoms with van der Waals surface area (Å²) in [5, 5.41) is 11.9. The Labute approximate surface area is 178 Å². The summed E-state index contributed by atoms with van der Waals surface area (Å²) in [7, 11) is 0. The van der Waals surface area contributed by atoms with Crippen LogP contribution in [0.2, 0.25) is 0 Å². The lowest BCUT2D eigenvalue weighted by molar-refractivity contribution is 0.210. The van der Waals surface area contributed by atoms with Gasteiger partial charge in [-0.25, -0.2) is 9.78 Å². The molecule has 2 heterocycles. The number of aromatic nitrogens is 4. The molecule has 1 atom stereocenters. The lowest BCUT2D eigenvalue weighted by Gasteiger charge is -2.16. The van der Waals surface area contributed by atoms with Crippen LogP contribution in [0.3, 0.4) is 0 Å². The number of aromatic amines is 1. The minimum atomic E-state index is -0.869. The number of hydrogen-bond donors (Lipinski definition) is 2. The number of imidazole rings is 1. The van der Waals surface area contributed by atoms with Crippen LogP contribution in [0.25, 0.3) is 22.2 Å². The molecule has 0 fully saturated rings. The molecule has 5 rings (SSSR count). The molecule has 0 amide bonds. The number of hydrogen-bond acceptors (Lipinski definition) is 4. The zero-order chi connectivity index (χ0) is 21.2. The average Bonchev–Trinajstić information content (AvgIpc) is 3.27.